The number of hydrogen-bond acceptors (Lipinski definition) is 1. The second-order valence-corrected chi connectivity index (χ2v) is 6.37. The van der Waals surface area contributed by atoms with Crippen molar-refractivity contribution in [2.75, 3.05) is 0 Å². The second kappa shape index (κ2) is 5.36. The Balaban J connectivity index is 2.84. The van der Waals surface area contributed by atoms with Crippen molar-refractivity contribution in [1.82, 2.24) is 9.55 Å². The molecule has 0 saturated carbocycles. The molecule has 2 aromatic rings. The number of aryl methyl sites for hydroxylation is 1. The van der Waals surface area contributed by atoms with Gasteiger partial charge in [0.25, 0.3) is 0 Å². The maximum absolute atomic E-state index is 13.8. The third-order valence-corrected chi connectivity index (χ3v) is 4.57. The number of fused-ring (bicyclic) bond motifs is 1. The lowest BCUT2D eigenvalue weighted by atomic mass is 9.94. The lowest BCUT2D eigenvalue weighted by Crippen LogP contribution is -2.30. The van der Waals surface area contributed by atoms with Gasteiger partial charge < -0.3 is 4.57 Å². The van der Waals surface area contributed by atoms with Crippen molar-refractivity contribution >= 4 is 22.6 Å². The number of alkyl halides is 1. The molecule has 1 atom stereocenters. The van der Waals surface area contributed by atoms with Crippen molar-refractivity contribution in [3.8, 4) is 0 Å². The van der Waals surface area contributed by atoms with Crippen LogP contribution in [0.1, 0.15) is 57.3 Å². The number of imidazole rings is 1. The van der Waals surface area contributed by atoms with Gasteiger partial charge in [0.05, 0.1) is 16.4 Å². The Morgan fingerprint density at radius 2 is 1.95 bits per heavy atom. The van der Waals surface area contributed by atoms with E-state index < -0.39 is 0 Å². The Hall–Kier alpha value is -1.09. The van der Waals surface area contributed by atoms with E-state index in [1.165, 1.54) is 6.07 Å². The van der Waals surface area contributed by atoms with E-state index in [9.17, 15) is 4.39 Å². The number of rotatable bonds is 4. The molecule has 1 unspecified atom stereocenters. The van der Waals surface area contributed by atoms with E-state index in [0.717, 1.165) is 24.2 Å². The van der Waals surface area contributed by atoms with E-state index >= 15 is 0 Å². The van der Waals surface area contributed by atoms with Crippen LogP contribution in [0.2, 0.25) is 0 Å². The minimum Gasteiger partial charge on any atom is -0.321 e. The molecule has 4 heteroatoms. The van der Waals surface area contributed by atoms with E-state index in [2.05, 4.69) is 30.3 Å². The molecule has 0 aliphatic carbocycles. The molecule has 110 valence electrons. The van der Waals surface area contributed by atoms with Gasteiger partial charge in [-0.3, -0.25) is 0 Å². The molecule has 1 aromatic carbocycles. The molecule has 0 spiro atoms. The highest BCUT2D eigenvalue weighted by atomic mass is 35.5. The third-order valence-electron chi connectivity index (χ3n) is 4.38. The van der Waals surface area contributed by atoms with Crippen LogP contribution in [-0.4, -0.2) is 9.55 Å². The molecule has 1 aromatic heterocycles. The number of aromatic nitrogens is 2. The monoisotopic (exact) mass is 296 g/mol. The second-order valence-electron chi connectivity index (χ2n) is 5.72. The van der Waals surface area contributed by atoms with Crippen LogP contribution in [0.3, 0.4) is 0 Å². The molecule has 1 heterocycles. The molecule has 2 rings (SSSR count). The van der Waals surface area contributed by atoms with Gasteiger partial charge in [-0.1, -0.05) is 13.8 Å². The zero-order chi connectivity index (χ0) is 15.1. The topological polar surface area (TPSA) is 17.8 Å². The SMILES string of the molecule is CCC(C)(CC)n1c(C(C)Cl)nc2cc(F)c(C)cc21. The minimum atomic E-state index is -0.217. The van der Waals surface area contributed by atoms with Gasteiger partial charge in [-0.2, -0.15) is 0 Å². The van der Waals surface area contributed by atoms with Gasteiger partial charge in [0.2, 0.25) is 0 Å². The lowest BCUT2D eigenvalue weighted by molar-refractivity contribution is 0.293. The summed E-state index contributed by atoms with van der Waals surface area (Å²) in [6.45, 7) is 10.2. The maximum Gasteiger partial charge on any atom is 0.128 e. The highest BCUT2D eigenvalue weighted by Crippen LogP contribution is 2.35. The van der Waals surface area contributed by atoms with Gasteiger partial charge in [-0.05, 0) is 45.2 Å². The average Bonchev–Trinajstić information content (AvgIpc) is 2.77. The first-order chi connectivity index (χ1) is 9.34. The Labute approximate surface area is 125 Å². The summed E-state index contributed by atoms with van der Waals surface area (Å²) in [4.78, 5) is 4.57. The average molecular weight is 297 g/mol. The van der Waals surface area contributed by atoms with E-state index in [-0.39, 0.29) is 16.7 Å². The first kappa shape index (κ1) is 15.3. The highest BCUT2D eigenvalue weighted by Gasteiger charge is 2.29. The van der Waals surface area contributed by atoms with Crippen molar-refractivity contribution in [3.63, 3.8) is 0 Å². The summed E-state index contributed by atoms with van der Waals surface area (Å²) in [6.07, 6.45) is 1.95. The van der Waals surface area contributed by atoms with Gasteiger partial charge >= 0.3 is 0 Å². The zero-order valence-electron chi connectivity index (χ0n) is 12.8. The first-order valence-corrected chi connectivity index (χ1v) is 7.60. The lowest BCUT2D eigenvalue weighted by Gasteiger charge is -2.32. The Morgan fingerprint density at radius 1 is 1.35 bits per heavy atom. The van der Waals surface area contributed by atoms with Crippen LogP contribution < -0.4 is 0 Å². The molecule has 0 aliphatic rings. The number of hydrogen-bond donors (Lipinski definition) is 0. The summed E-state index contributed by atoms with van der Waals surface area (Å²) >= 11 is 6.30. The van der Waals surface area contributed by atoms with Crippen LogP contribution in [-0.2, 0) is 5.54 Å². The smallest absolute Gasteiger partial charge is 0.128 e. The summed E-state index contributed by atoms with van der Waals surface area (Å²) < 4.78 is 16.0. The molecule has 0 amide bonds. The summed E-state index contributed by atoms with van der Waals surface area (Å²) in [5, 5.41) is -0.205. The van der Waals surface area contributed by atoms with Crippen molar-refractivity contribution in [2.24, 2.45) is 0 Å². The van der Waals surface area contributed by atoms with E-state index in [1.807, 2.05) is 13.0 Å². The van der Waals surface area contributed by atoms with E-state index in [4.69, 9.17) is 11.6 Å². The van der Waals surface area contributed by atoms with E-state index in [1.54, 1.807) is 6.92 Å². The summed E-state index contributed by atoms with van der Waals surface area (Å²) in [5.74, 6) is 0.600. The number of nitrogens with zero attached hydrogens (tertiary/aromatic N) is 2. The van der Waals surface area contributed by atoms with Gasteiger partial charge in [0.15, 0.2) is 0 Å². The standard InChI is InChI=1S/C16H22ClFN2/c1-6-16(5,7-2)20-14-8-10(3)12(18)9-13(14)19-15(20)11(4)17/h8-9,11H,6-7H2,1-5H3. The van der Waals surface area contributed by atoms with Gasteiger partial charge in [-0.15, -0.1) is 11.6 Å². The molecule has 0 bridgehead atoms. The molecule has 0 radical (unpaired) electrons. The predicted molar refractivity (Wildman–Crippen MR) is 82.9 cm³/mol. The zero-order valence-corrected chi connectivity index (χ0v) is 13.6. The summed E-state index contributed by atoms with van der Waals surface area (Å²) in [7, 11) is 0. The van der Waals surface area contributed by atoms with Crippen LogP contribution in [0.4, 0.5) is 4.39 Å². The quantitative estimate of drug-likeness (QED) is 0.698. The van der Waals surface area contributed by atoms with Crippen molar-refractivity contribution in [2.45, 2.75) is 58.4 Å². The fourth-order valence-corrected chi connectivity index (χ4v) is 2.77. The van der Waals surface area contributed by atoms with Gasteiger partial charge in [0.1, 0.15) is 11.6 Å². The largest absolute Gasteiger partial charge is 0.321 e. The summed E-state index contributed by atoms with van der Waals surface area (Å²) in [5.41, 5.74) is 2.24. The Bertz CT molecular complexity index is 627. The molecular formula is C16H22ClFN2. The Morgan fingerprint density at radius 3 is 2.45 bits per heavy atom. The van der Waals surface area contributed by atoms with Crippen molar-refractivity contribution in [3.05, 3.63) is 29.3 Å². The predicted octanol–water partition coefficient (Wildman–Crippen LogP) is 5.32. The van der Waals surface area contributed by atoms with Crippen LogP contribution in [0.25, 0.3) is 11.0 Å². The molecule has 0 saturated heterocycles. The first-order valence-electron chi connectivity index (χ1n) is 7.17. The molecule has 0 fully saturated rings. The van der Waals surface area contributed by atoms with Gasteiger partial charge in [0, 0.05) is 11.6 Å². The highest BCUT2D eigenvalue weighted by molar-refractivity contribution is 6.20. The van der Waals surface area contributed by atoms with Crippen LogP contribution in [0, 0.1) is 12.7 Å². The minimum absolute atomic E-state index is 0.0580. The molecule has 2 nitrogen and oxygen atoms in total. The van der Waals surface area contributed by atoms with Crippen LogP contribution in [0.15, 0.2) is 12.1 Å². The van der Waals surface area contributed by atoms with Crippen LogP contribution in [0.5, 0.6) is 0 Å². The van der Waals surface area contributed by atoms with Gasteiger partial charge in [-0.25, -0.2) is 9.37 Å². The third kappa shape index (κ3) is 2.32. The molecule has 0 N–H and O–H groups in total. The van der Waals surface area contributed by atoms with Crippen LogP contribution >= 0.6 is 11.6 Å². The van der Waals surface area contributed by atoms with Crippen molar-refractivity contribution in [1.29, 1.82) is 0 Å². The summed E-state index contributed by atoms with van der Waals surface area (Å²) in [6, 6.07) is 3.39. The Kier molecular flexibility index (Phi) is 4.10. The fraction of sp³-hybridized carbons (Fsp3) is 0.562. The fourth-order valence-electron chi connectivity index (χ4n) is 2.62. The normalized spacial score (nSPS) is 13.9. The maximum atomic E-state index is 13.8. The number of halogens is 2. The molecule has 0 aliphatic heterocycles. The number of benzene rings is 1. The van der Waals surface area contributed by atoms with Crippen molar-refractivity contribution < 1.29 is 4.39 Å². The molecular weight excluding hydrogens is 275 g/mol. The van der Waals surface area contributed by atoms with E-state index in [0.29, 0.717) is 11.1 Å². The molecule has 20 heavy (non-hydrogen) atoms.